The smallest absolute Gasteiger partial charge is 0.143 e. The van der Waals surface area contributed by atoms with Crippen LogP contribution in [0.25, 0.3) is 10.9 Å². The quantitative estimate of drug-likeness (QED) is 0.457. The second-order valence-corrected chi connectivity index (χ2v) is 9.54. The second-order valence-electron chi connectivity index (χ2n) is 9.54. The van der Waals surface area contributed by atoms with E-state index in [0.717, 1.165) is 59.7 Å². The zero-order chi connectivity index (χ0) is 21.9. The number of piperidine rings is 1. The number of aryl methyl sites for hydroxylation is 2. The van der Waals surface area contributed by atoms with Crippen LogP contribution in [0.15, 0.2) is 54.7 Å². The van der Waals surface area contributed by atoms with E-state index in [9.17, 15) is 5.26 Å². The maximum atomic E-state index is 9.55. The maximum absolute atomic E-state index is 9.55. The molecule has 3 aromatic rings. The monoisotopic (exact) mass is 427 g/mol. The lowest BCUT2D eigenvalue weighted by molar-refractivity contribution is 0.0978. The number of hydrogen-bond acceptors (Lipinski definition) is 3. The van der Waals surface area contributed by atoms with Crippen molar-refractivity contribution in [3.63, 3.8) is 0 Å². The van der Waals surface area contributed by atoms with Gasteiger partial charge < -0.3 is 9.30 Å². The Morgan fingerprint density at radius 3 is 2.50 bits per heavy atom. The summed E-state index contributed by atoms with van der Waals surface area (Å²) < 4.78 is 7.82. The number of rotatable bonds is 8. The van der Waals surface area contributed by atoms with Crippen LogP contribution in [0, 0.1) is 17.2 Å². The first-order chi connectivity index (χ1) is 15.8. The van der Waals surface area contributed by atoms with Gasteiger partial charge in [0.25, 0.3) is 0 Å². The zero-order valence-corrected chi connectivity index (χ0v) is 19.0. The molecular formula is C28H33N3O. The highest BCUT2D eigenvalue weighted by atomic mass is 16.5. The van der Waals surface area contributed by atoms with Crippen LogP contribution in [-0.2, 0) is 13.0 Å². The fraction of sp³-hybridized carbons (Fsp3) is 0.464. The fourth-order valence-electron chi connectivity index (χ4n) is 6.18. The molecule has 2 bridgehead atoms. The van der Waals surface area contributed by atoms with Gasteiger partial charge in [-0.25, -0.2) is 0 Å². The van der Waals surface area contributed by atoms with E-state index in [4.69, 9.17) is 4.74 Å². The molecule has 2 atom stereocenters. The molecule has 2 aliphatic rings. The summed E-state index contributed by atoms with van der Waals surface area (Å²) in [6.45, 7) is 2.07. The molecule has 2 aliphatic heterocycles. The minimum absolute atomic E-state index is 0.734. The van der Waals surface area contributed by atoms with Crippen molar-refractivity contribution in [1.82, 2.24) is 9.47 Å². The lowest BCUT2D eigenvalue weighted by atomic mass is 9.86. The summed E-state index contributed by atoms with van der Waals surface area (Å²) in [5, 5.41) is 10.5. The minimum Gasteiger partial charge on any atom is -0.495 e. The van der Waals surface area contributed by atoms with E-state index in [1.54, 1.807) is 7.11 Å². The lowest BCUT2D eigenvalue weighted by Gasteiger charge is -2.39. The number of benzene rings is 2. The van der Waals surface area contributed by atoms with Crippen molar-refractivity contribution in [3.05, 3.63) is 65.9 Å². The van der Waals surface area contributed by atoms with Crippen molar-refractivity contribution >= 4 is 10.9 Å². The summed E-state index contributed by atoms with van der Waals surface area (Å²) in [4.78, 5) is 2.80. The average molecular weight is 428 g/mol. The summed E-state index contributed by atoms with van der Waals surface area (Å²) in [5.74, 6) is 1.73. The number of hydrogen-bond donors (Lipinski definition) is 0. The van der Waals surface area contributed by atoms with E-state index in [1.165, 1.54) is 44.1 Å². The van der Waals surface area contributed by atoms with Crippen LogP contribution in [-0.4, -0.2) is 35.2 Å². The third-order valence-electron chi connectivity index (χ3n) is 7.68. The van der Waals surface area contributed by atoms with Gasteiger partial charge in [-0.2, -0.15) is 5.26 Å². The van der Waals surface area contributed by atoms with E-state index in [0.29, 0.717) is 0 Å². The predicted octanol–water partition coefficient (Wildman–Crippen LogP) is 5.79. The van der Waals surface area contributed by atoms with E-state index in [1.807, 2.05) is 24.4 Å². The highest BCUT2D eigenvalue weighted by Gasteiger charge is 2.39. The van der Waals surface area contributed by atoms with Crippen molar-refractivity contribution in [3.8, 4) is 11.8 Å². The number of aromatic nitrogens is 1. The number of nitriles is 1. The molecule has 2 unspecified atom stereocenters. The standard InChI is InChI=1S/C28H33N3O/c1-32-27-10-5-9-26-23(19-29)20-30(28(26)27)15-6-16-31-24-13-14-25(31)18-22(17-24)12-11-21-7-3-2-4-8-21/h2-5,7-10,20,22,24-25H,6,11-18H2,1H3. The van der Waals surface area contributed by atoms with E-state index < -0.39 is 0 Å². The highest BCUT2D eigenvalue weighted by Crippen LogP contribution is 2.40. The Morgan fingerprint density at radius 2 is 1.78 bits per heavy atom. The molecule has 4 heteroatoms. The van der Waals surface area contributed by atoms with Gasteiger partial charge in [0.1, 0.15) is 11.8 Å². The maximum Gasteiger partial charge on any atom is 0.143 e. The summed E-state index contributed by atoms with van der Waals surface area (Å²) >= 11 is 0. The van der Waals surface area contributed by atoms with Crippen molar-refractivity contribution in [2.75, 3.05) is 13.7 Å². The number of ether oxygens (including phenoxy) is 1. The third-order valence-corrected chi connectivity index (χ3v) is 7.68. The van der Waals surface area contributed by atoms with E-state index >= 15 is 0 Å². The minimum atomic E-state index is 0.734. The van der Waals surface area contributed by atoms with Gasteiger partial charge in [-0.15, -0.1) is 0 Å². The molecular weight excluding hydrogens is 394 g/mol. The van der Waals surface area contributed by atoms with Gasteiger partial charge in [0.05, 0.1) is 18.2 Å². The van der Waals surface area contributed by atoms with Gasteiger partial charge in [0, 0.05) is 36.8 Å². The normalized spacial score (nSPS) is 22.8. The molecule has 0 amide bonds. The number of nitrogens with zero attached hydrogens (tertiary/aromatic N) is 3. The van der Waals surface area contributed by atoms with Gasteiger partial charge in [-0.3, -0.25) is 4.90 Å². The summed E-state index contributed by atoms with van der Waals surface area (Å²) in [7, 11) is 1.71. The van der Waals surface area contributed by atoms with Crippen molar-refractivity contribution < 1.29 is 4.74 Å². The molecule has 1 aromatic heterocycles. The summed E-state index contributed by atoms with van der Waals surface area (Å²) in [6.07, 6.45) is 11.1. The molecule has 0 N–H and O–H groups in total. The largest absolute Gasteiger partial charge is 0.495 e. The number of methoxy groups -OCH3 is 1. The zero-order valence-electron chi connectivity index (χ0n) is 19.0. The molecule has 0 saturated carbocycles. The Labute approximate surface area is 191 Å². The van der Waals surface area contributed by atoms with E-state index in [2.05, 4.69) is 45.9 Å². The topological polar surface area (TPSA) is 41.2 Å². The van der Waals surface area contributed by atoms with Gasteiger partial charge in [-0.05, 0) is 62.5 Å². The number of para-hydroxylation sites is 1. The van der Waals surface area contributed by atoms with Gasteiger partial charge in [-0.1, -0.05) is 42.5 Å². The summed E-state index contributed by atoms with van der Waals surface area (Å²) in [6, 6.07) is 20.8. The Kier molecular flexibility index (Phi) is 6.19. The Morgan fingerprint density at radius 1 is 1.00 bits per heavy atom. The molecule has 2 fully saturated rings. The first-order valence-corrected chi connectivity index (χ1v) is 12.1. The van der Waals surface area contributed by atoms with Crippen molar-refractivity contribution in [2.24, 2.45) is 5.92 Å². The van der Waals surface area contributed by atoms with Gasteiger partial charge in [0.2, 0.25) is 0 Å². The molecule has 3 heterocycles. The molecule has 0 radical (unpaired) electrons. The molecule has 32 heavy (non-hydrogen) atoms. The highest BCUT2D eigenvalue weighted by molar-refractivity contribution is 5.91. The Balaban J connectivity index is 1.19. The third kappa shape index (κ3) is 4.14. The molecule has 166 valence electrons. The predicted molar refractivity (Wildman–Crippen MR) is 129 cm³/mol. The SMILES string of the molecule is COc1cccc2c(C#N)cn(CCCN3C4CCC3CC(CCc3ccccc3)C4)c12. The van der Waals surface area contributed by atoms with Crippen molar-refractivity contribution in [1.29, 1.82) is 5.26 Å². The molecule has 0 aliphatic carbocycles. The molecule has 2 aromatic carbocycles. The number of fused-ring (bicyclic) bond motifs is 3. The van der Waals surface area contributed by atoms with Crippen LogP contribution in [0.5, 0.6) is 5.75 Å². The van der Waals surface area contributed by atoms with Crippen LogP contribution in [0.1, 0.15) is 49.7 Å². The van der Waals surface area contributed by atoms with Crippen LogP contribution >= 0.6 is 0 Å². The Bertz CT molecular complexity index is 1080. The van der Waals surface area contributed by atoms with Crippen LogP contribution in [0.4, 0.5) is 0 Å². The van der Waals surface area contributed by atoms with Gasteiger partial charge in [0.15, 0.2) is 0 Å². The first-order valence-electron chi connectivity index (χ1n) is 12.1. The summed E-state index contributed by atoms with van der Waals surface area (Å²) in [5.41, 5.74) is 3.26. The van der Waals surface area contributed by atoms with Gasteiger partial charge >= 0.3 is 0 Å². The second kappa shape index (κ2) is 9.38. The lowest BCUT2D eigenvalue weighted by Crippen LogP contribution is -2.43. The van der Waals surface area contributed by atoms with Crippen molar-refractivity contribution in [2.45, 2.75) is 63.6 Å². The molecule has 4 nitrogen and oxygen atoms in total. The first kappa shape index (κ1) is 21.1. The van der Waals surface area contributed by atoms with Crippen LogP contribution in [0.2, 0.25) is 0 Å². The van der Waals surface area contributed by atoms with Crippen LogP contribution < -0.4 is 4.74 Å². The fourth-order valence-corrected chi connectivity index (χ4v) is 6.18. The molecule has 2 saturated heterocycles. The van der Waals surface area contributed by atoms with Crippen LogP contribution in [0.3, 0.4) is 0 Å². The Hall–Kier alpha value is -2.77. The molecule has 0 spiro atoms. The molecule has 5 rings (SSSR count). The van der Waals surface area contributed by atoms with E-state index in [-0.39, 0.29) is 0 Å². The average Bonchev–Trinajstić information content (AvgIpc) is 3.31.